The van der Waals surface area contributed by atoms with Crippen LogP contribution in [0.4, 0.5) is 0 Å². The monoisotopic (exact) mass is 729 g/mol. The first-order valence-corrected chi connectivity index (χ1v) is 19.4. The maximum absolute atomic E-state index is 14.3. The second-order valence-electron chi connectivity index (χ2n) is 16.6. The molecule has 1 unspecified atom stereocenters. The van der Waals surface area contributed by atoms with Crippen LogP contribution in [0.15, 0.2) is 72.3 Å². The van der Waals surface area contributed by atoms with Gasteiger partial charge in [-0.25, -0.2) is 0 Å². The largest absolute Gasteiger partial charge is 0.386 e. The van der Waals surface area contributed by atoms with Gasteiger partial charge in [-0.1, -0.05) is 108 Å². The van der Waals surface area contributed by atoms with Gasteiger partial charge in [-0.05, 0) is 75.5 Å². The summed E-state index contributed by atoms with van der Waals surface area (Å²) in [5.74, 6) is -0.956. The van der Waals surface area contributed by atoms with Crippen LogP contribution in [0.2, 0.25) is 0 Å². The molecule has 2 aliphatic heterocycles. The molecular formula is C43H63N5O5. The molecule has 4 amide bonds. The second-order valence-corrected chi connectivity index (χ2v) is 16.6. The summed E-state index contributed by atoms with van der Waals surface area (Å²) < 4.78 is 0. The summed E-state index contributed by atoms with van der Waals surface area (Å²) in [7, 11) is 1.74. The molecule has 10 heteroatoms. The zero-order valence-corrected chi connectivity index (χ0v) is 33.3. The van der Waals surface area contributed by atoms with Crippen molar-refractivity contribution < 1.29 is 24.3 Å². The van der Waals surface area contributed by atoms with E-state index in [9.17, 15) is 24.3 Å². The molecule has 0 spiro atoms. The van der Waals surface area contributed by atoms with Gasteiger partial charge in [0.2, 0.25) is 23.6 Å². The van der Waals surface area contributed by atoms with Crippen LogP contribution in [0.25, 0.3) is 0 Å². The number of rotatable bonds is 13. The minimum absolute atomic E-state index is 0.0402. The molecule has 2 aromatic rings. The van der Waals surface area contributed by atoms with E-state index in [1.807, 2.05) is 101 Å². The Bertz CT molecular complexity index is 1570. The van der Waals surface area contributed by atoms with Crippen LogP contribution < -0.4 is 10.6 Å². The topological polar surface area (TPSA) is 122 Å². The zero-order valence-electron chi connectivity index (χ0n) is 33.3. The van der Waals surface area contributed by atoms with Gasteiger partial charge in [0, 0.05) is 25.2 Å². The first-order chi connectivity index (χ1) is 25.0. The number of nitrogens with one attached hydrogen (secondary N) is 2. The summed E-state index contributed by atoms with van der Waals surface area (Å²) in [6, 6.07) is 15.9. The maximum atomic E-state index is 14.3. The van der Waals surface area contributed by atoms with Gasteiger partial charge in [0.15, 0.2) is 0 Å². The number of likely N-dealkylation sites (tertiary alicyclic amines) is 2. The molecule has 2 aromatic carbocycles. The maximum Gasteiger partial charge on any atom is 0.249 e. The van der Waals surface area contributed by atoms with E-state index in [1.165, 1.54) is 0 Å². The van der Waals surface area contributed by atoms with Gasteiger partial charge in [-0.15, -0.1) is 0 Å². The van der Waals surface area contributed by atoms with E-state index < -0.39 is 35.7 Å². The number of nitrogens with zero attached hydrogens (tertiary/aromatic N) is 3. The Kier molecular flexibility index (Phi) is 14.4. The van der Waals surface area contributed by atoms with E-state index in [0.29, 0.717) is 30.5 Å². The minimum Gasteiger partial charge on any atom is -0.386 e. The van der Waals surface area contributed by atoms with E-state index in [0.717, 1.165) is 31.4 Å². The summed E-state index contributed by atoms with van der Waals surface area (Å²) in [4.78, 5) is 61.5. The summed E-state index contributed by atoms with van der Waals surface area (Å²) in [6.45, 7) is 17.1. The van der Waals surface area contributed by atoms with Crippen molar-refractivity contribution in [3.8, 4) is 0 Å². The van der Waals surface area contributed by atoms with Gasteiger partial charge < -0.3 is 25.5 Å². The molecule has 10 nitrogen and oxygen atoms in total. The summed E-state index contributed by atoms with van der Waals surface area (Å²) in [5.41, 5.74) is 1.32. The van der Waals surface area contributed by atoms with Crippen LogP contribution in [0.1, 0.15) is 111 Å². The lowest BCUT2D eigenvalue weighted by Gasteiger charge is -2.41. The molecule has 3 N–H and O–H groups in total. The minimum atomic E-state index is -0.992. The Hall–Kier alpha value is -4.02. The molecule has 0 aliphatic carbocycles. The van der Waals surface area contributed by atoms with Crippen molar-refractivity contribution in [2.75, 3.05) is 20.1 Å². The van der Waals surface area contributed by atoms with E-state index in [1.54, 1.807) is 23.8 Å². The van der Waals surface area contributed by atoms with E-state index in [2.05, 4.69) is 29.4 Å². The molecule has 53 heavy (non-hydrogen) atoms. The van der Waals surface area contributed by atoms with Crippen LogP contribution in [0.5, 0.6) is 0 Å². The van der Waals surface area contributed by atoms with Crippen molar-refractivity contribution in [3.05, 3.63) is 83.4 Å². The Labute approximate surface area is 317 Å². The van der Waals surface area contributed by atoms with Crippen molar-refractivity contribution >= 4 is 23.6 Å². The van der Waals surface area contributed by atoms with Gasteiger partial charge in [0.05, 0.1) is 18.1 Å². The van der Waals surface area contributed by atoms with Crippen LogP contribution in [-0.2, 0) is 19.2 Å². The molecule has 0 bridgehead atoms. The van der Waals surface area contributed by atoms with Crippen molar-refractivity contribution in [3.63, 3.8) is 0 Å². The van der Waals surface area contributed by atoms with E-state index in [-0.39, 0.29) is 41.6 Å². The smallest absolute Gasteiger partial charge is 0.249 e. The number of hydrogen-bond donors (Lipinski definition) is 3. The molecule has 4 rings (SSSR count). The number of piperidine rings is 1. The lowest BCUT2D eigenvalue weighted by molar-refractivity contribution is -0.142. The molecule has 0 aromatic heterocycles. The Morgan fingerprint density at radius 3 is 1.94 bits per heavy atom. The Morgan fingerprint density at radius 1 is 0.811 bits per heavy atom. The number of carbonyl (C=O) groups excluding carboxylic acids is 4. The molecular weight excluding hydrogens is 667 g/mol. The summed E-state index contributed by atoms with van der Waals surface area (Å²) >= 11 is 0. The number of aliphatic hydroxyl groups excluding tert-OH is 1. The van der Waals surface area contributed by atoms with Gasteiger partial charge in [-0.3, -0.25) is 24.1 Å². The molecule has 0 radical (unpaired) electrons. The predicted molar refractivity (Wildman–Crippen MR) is 209 cm³/mol. The van der Waals surface area contributed by atoms with Crippen LogP contribution >= 0.6 is 0 Å². The average Bonchev–Trinajstić information content (AvgIpc) is 3.64. The highest BCUT2D eigenvalue weighted by Gasteiger charge is 2.41. The number of hydrogen-bond acceptors (Lipinski definition) is 6. The summed E-state index contributed by atoms with van der Waals surface area (Å²) in [6.07, 6.45) is 4.80. The molecule has 6 atom stereocenters. The van der Waals surface area contributed by atoms with Gasteiger partial charge in [-0.2, -0.15) is 0 Å². The molecule has 2 aliphatic rings. The molecule has 290 valence electrons. The molecule has 2 fully saturated rings. The van der Waals surface area contributed by atoms with Gasteiger partial charge in [0.1, 0.15) is 18.2 Å². The van der Waals surface area contributed by atoms with Crippen LogP contribution in [-0.4, -0.2) is 93.8 Å². The fraction of sp³-hybridized carbons (Fsp3) is 0.581. The van der Waals surface area contributed by atoms with E-state index in [4.69, 9.17) is 0 Å². The first kappa shape index (κ1) is 41.7. The lowest BCUT2D eigenvalue weighted by Crippen LogP contribution is -2.60. The first-order valence-electron chi connectivity index (χ1n) is 19.4. The molecule has 2 heterocycles. The lowest BCUT2D eigenvalue weighted by atomic mass is 9.84. The number of benzene rings is 2. The van der Waals surface area contributed by atoms with Gasteiger partial charge in [0.25, 0.3) is 0 Å². The molecule has 2 saturated heterocycles. The average molecular weight is 730 g/mol. The standard InChI is InChI=1S/C43H63N5O5/c1-28(2)35(46(9)42(53)38(43(6,7)8)45-40(51)33-23-16-17-25-47(33)29(3)4)27-30(5)41(52)48-26-18-24-34(48)39(50)44-36(31-19-12-10-13-20-31)37(49)32-21-14-11-15-22-32/h10-15,19-22,27-29,33-38,49H,16-18,23-26H2,1-9H3,(H,44,50)(H,45,51)/b30-27+/t33?,34-,35+,36-,37-,38+/m0/s1. The third-order valence-electron chi connectivity index (χ3n) is 10.9. The van der Waals surface area contributed by atoms with Crippen LogP contribution in [0, 0.1) is 11.3 Å². The predicted octanol–water partition coefficient (Wildman–Crippen LogP) is 5.79. The highest BCUT2D eigenvalue weighted by molar-refractivity contribution is 5.97. The fourth-order valence-corrected chi connectivity index (χ4v) is 7.78. The van der Waals surface area contributed by atoms with Crippen molar-refractivity contribution in [2.45, 2.75) is 130 Å². The van der Waals surface area contributed by atoms with Crippen molar-refractivity contribution in [1.82, 2.24) is 25.3 Å². The molecule has 0 saturated carbocycles. The van der Waals surface area contributed by atoms with Crippen molar-refractivity contribution in [2.24, 2.45) is 11.3 Å². The van der Waals surface area contributed by atoms with Crippen LogP contribution in [0.3, 0.4) is 0 Å². The quantitative estimate of drug-likeness (QED) is 0.225. The SMILES string of the molecule is C/C(=C\[C@H](C(C)C)N(C)C(=O)[C@@H](NC(=O)C1CCCCN1C(C)C)C(C)(C)C)C(=O)N1CCC[C@H]1C(=O)N[C@@H](c1ccccc1)[C@@H](O)c1ccccc1. The number of amides is 4. The zero-order chi connectivity index (χ0) is 39.0. The van der Waals surface area contributed by atoms with Crippen molar-refractivity contribution in [1.29, 1.82) is 0 Å². The Morgan fingerprint density at radius 2 is 1.38 bits per heavy atom. The Balaban J connectivity index is 1.52. The highest BCUT2D eigenvalue weighted by atomic mass is 16.3. The third kappa shape index (κ3) is 10.4. The van der Waals surface area contributed by atoms with E-state index >= 15 is 0 Å². The third-order valence-corrected chi connectivity index (χ3v) is 10.9. The highest BCUT2D eigenvalue weighted by Crippen LogP contribution is 2.31. The number of aliphatic hydroxyl groups is 1. The normalized spacial score (nSPS) is 20.8. The van der Waals surface area contributed by atoms with Gasteiger partial charge >= 0.3 is 0 Å². The summed E-state index contributed by atoms with van der Waals surface area (Å²) in [5, 5.41) is 17.6. The number of likely N-dealkylation sites (N-methyl/N-ethyl adjacent to an activating group) is 1. The second kappa shape index (κ2) is 18.3. The number of carbonyl (C=O) groups is 4. The fourth-order valence-electron chi connectivity index (χ4n) is 7.78.